The quantitative estimate of drug-likeness (QED) is 0.689. The molecular weight excluding hydrogens is 264 g/mol. The summed E-state index contributed by atoms with van der Waals surface area (Å²) in [4.78, 5) is 0. The van der Waals surface area contributed by atoms with E-state index in [1.54, 1.807) is 18.2 Å². The molecule has 0 saturated heterocycles. The topological polar surface area (TPSA) is 23.8 Å². The molecule has 0 spiro atoms. The van der Waals surface area contributed by atoms with Crippen LogP contribution in [0.4, 0.5) is 0 Å². The van der Waals surface area contributed by atoms with E-state index in [0.717, 1.165) is 12.0 Å². The van der Waals surface area contributed by atoms with Gasteiger partial charge in [-0.15, -0.1) is 0 Å². The second-order valence-corrected chi connectivity index (χ2v) is 4.48. The lowest BCUT2D eigenvalue weighted by molar-refractivity contribution is 0.933. The highest BCUT2D eigenvalue weighted by atomic mass is 35.5. The van der Waals surface area contributed by atoms with Gasteiger partial charge in [-0.3, -0.25) is 0 Å². The normalized spacial score (nSPS) is 11.9. The Morgan fingerprint density at radius 2 is 2.00 bits per heavy atom. The molecule has 0 aliphatic carbocycles. The zero-order valence-corrected chi connectivity index (χ0v) is 11.0. The van der Waals surface area contributed by atoms with E-state index in [9.17, 15) is 0 Å². The molecule has 1 nitrogen and oxygen atoms in total. The molecule has 1 aromatic rings. The Morgan fingerprint density at radius 1 is 1.31 bits per heavy atom. The lowest BCUT2D eigenvalue weighted by Crippen LogP contribution is -1.85. The minimum Gasteiger partial charge on any atom is -0.193 e. The van der Waals surface area contributed by atoms with Crippen molar-refractivity contribution in [3.05, 3.63) is 39.4 Å². The van der Waals surface area contributed by atoms with Crippen LogP contribution in [-0.2, 0) is 0 Å². The van der Waals surface area contributed by atoms with Crippen LogP contribution in [0.1, 0.15) is 25.3 Å². The number of hydrogen-bond acceptors (Lipinski definition) is 1. The maximum atomic E-state index is 8.96. The Hall–Kier alpha value is -0.680. The third-order valence-corrected chi connectivity index (χ3v) is 3.26. The third-order valence-electron chi connectivity index (χ3n) is 2.07. The van der Waals surface area contributed by atoms with Gasteiger partial charge < -0.3 is 0 Å². The molecular formula is C12H10Cl3N. The number of nitriles is 1. The molecule has 0 N–H and O–H groups in total. The van der Waals surface area contributed by atoms with Gasteiger partial charge in [-0.05, 0) is 24.1 Å². The highest BCUT2D eigenvalue weighted by Crippen LogP contribution is 2.30. The van der Waals surface area contributed by atoms with E-state index in [-0.39, 0.29) is 0 Å². The maximum Gasteiger partial charge on any atom is 0.0962 e. The second-order valence-electron chi connectivity index (χ2n) is 3.28. The van der Waals surface area contributed by atoms with Gasteiger partial charge in [0.15, 0.2) is 0 Å². The van der Waals surface area contributed by atoms with E-state index in [2.05, 4.69) is 6.07 Å². The summed E-state index contributed by atoms with van der Waals surface area (Å²) in [5.74, 6) is 0. The molecule has 4 heteroatoms. The highest BCUT2D eigenvalue weighted by Gasteiger charge is 2.08. The van der Waals surface area contributed by atoms with Gasteiger partial charge in [-0.25, -0.2) is 0 Å². The van der Waals surface area contributed by atoms with E-state index < -0.39 is 0 Å². The van der Waals surface area contributed by atoms with Gasteiger partial charge in [0.05, 0.1) is 21.1 Å². The van der Waals surface area contributed by atoms with Crippen LogP contribution in [0.2, 0.25) is 10.0 Å². The van der Waals surface area contributed by atoms with Crippen molar-refractivity contribution in [3.8, 4) is 6.07 Å². The monoisotopic (exact) mass is 273 g/mol. The highest BCUT2D eigenvalue weighted by molar-refractivity contribution is 6.50. The Kier molecular flexibility index (Phi) is 5.15. The van der Waals surface area contributed by atoms with Crippen LogP contribution < -0.4 is 0 Å². The van der Waals surface area contributed by atoms with E-state index in [0.29, 0.717) is 27.1 Å². The van der Waals surface area contributed by atoms with Crippen molar-refractivity contribution in [2.45, 2.75) is 19.8 Å². The van der Waals surface area contributed by atoms with E-state index in [1.165, 1.54) is 0 Å². The van der Waals surface area contributed by atoms with Crippen LogP contribution in [0.3, 0.4) is 0 Å². The van der Waals surface area contributed by atoms with Crippen LogP contribution in [0.15, 0.2) is 23.8 Å². The Bertz CT molecular complexity index is 458. The summed E-state index contributed by atoms with van der Waals surface area (Å²) in [5, 5.41) is 10.3. The van der Waals surface area contributed by atoms with Gasteiger partial charge >= 0.3 is 0 Å². The summed E-state index contributed by atoms with van der Waals surface area (Å²) in [6.07, 6.45) is 1.54. The standard InChI is InChI=1S/C12H10Cl3N/c1-2-3-9(7-16)12(15)8-4-5-10(13)11(14)6-8/h4-6H,2-3H2,1H3. The summed E-state index contributed by atoms with van der Waals surface area (Å²) in [6.45, 7) is 2.00. The molecule has 1 rings (SSSR count). The van der Waals surface area contributed by atoms with E-state index in [1.807, 2.05) is 6.92 Å². The fraction of sp³-hybridized carbons (Fsp3) is 0.250. The third kappa shape index (κ3) is 3.15. The molecule has 0 radical (unpaired) electrons. The minimum atomic E-state index is 0.436. The molecule has 0 atom stereocenters. The SMILES string of the molecule is CCCC(C#N)=C(Cl)c1ccc(Cl)c(Cl)c1. The van der Waals surface area contributed by atoms with Gasteiger partial charge in [-0.2, -0.15) is 5.26 Å². The average molecular weight is 275 g/mol. The van der Waals surface area contributed by atoms with Crippen LogP contribution >= 0.6 is 34.8 Å². The van der Waals surface area contributed by atoms with Crippen LogP contribution in [0.25, 0.3) is 5.03 Å². The number of benzene rings is 1. The van der Waals surface area contributed by atoms with Crippen LogP contribution in [-0.4, -0.2) is 0 Å². The first kappa shape index (κ1) is 13.4. The number of allylic oxidation sites excluding steroid dienone is 1. The predicted molar refractivity (Wildman–Crippen MR) is 69.8 cm³/mol. The fourth-order valence-corrected chi connectivity index (χ4v) is 1.82. The van der Waals surface area contributed by atoms with Gasteiger partial charge in [0.2, 0.25) is 0 Å². The zero-order chi connectivity index (χ0) is 12.1. The van der Waals surface area contributed by atoms with E-state index >= 15 is 0 Å². The summed E-state index contributed by atoms with van der Waals surface area (Å²) < 4.78 is 0. The number of nitrogens with zero attached hydrogens (tertiary/aromatic N) is 1. The second kappa shape index (κ2) is 6.15. The first-order valence-electron chi connectivity index (χ1n) is 4.84. The Morgan fingerprint density at radius 3 is 2.50 bits per heavy atom. The largest absolute Gasteiger partial charge is 0.193 e. The molecule has 0 saturated carbocycles. The van der Waals surface area contributed by atoms with Gasteiger partial charge in [0.1, 0.15) is 0 Å². The molecule has 0 heterocycles. The van der Waals surface area contributed by atoms with Crippen molar-refractivity contribution < 1.29 is 0 Å². The smallest absolute Gasteiger partial charge is 0.0962 e. The van der Waals surface area contributed by atoms with E-state index in [4.69, 9.17) is 40.1 Å². The van der Waals surface area contributed by atoms with Crippen LogP contribution in [0.5, 0.6) is 0 Å². The minimum absolute atomic E-state index is 0.436. The lowest BCUT2D eigenvalue weighted by atomic mass is 10.1. The van der Waals surface area contributed by atoms with Crippen molar-refractivity contribution in [2.75, 3.05) is 0 Å². The molecule has 0 amide bonds. The predicted octanol–water partition coefficient (Wildman–Crippen LogP) is 5.27. The fourth-order valence-electron chi connectivity index (χ4n) is 1.27. The molecule has 0 fully saturated rings. The molecule has 0 bridgehead atoms. The summed E-state index contributed by atoms with van der Waals surface area (Å²) in [7, 11) is 0. The first-order chi connectivity index (χ1) is 7.60. The Labute approximate surface area is 110 Å². The summed E-state index contributed by atoms with van der Waals surface area (Å²) >= 11 is 17.8. The van der Waals surface area contributed by atoms with Gasteiger partial charge in [-0.1, -0.05) is 54.2 Å². The molecule has 0 aromatic heterocycles. The van der Waals surface area contributed by atoms with Crippen molar-refractivity contribution in [1.82, 2.24) is 0 Å². The Balaban J connectivity index is 3.17. The number of rotatable bonds is 3. The summed E-state index contributed by atoms with van der Waals surface area (Å²) in [6, 6.07) is 7.20. The number of hydrogen-bond donors (Lipinski definition) is 0. The molecule has 16 heavy (non-hydrogen) atoms. The molecule has 1 aromatic carbocycles. The van der Waals surface area contributed by atoms with Crippen LogP contribution in [0, 0.1) is 11.3 Å². The van der Waals surface area contributed by atoms with Crippen molar-refractivity contribution in [3.63, 3.8) is 0 Å². The van der Waals surface area contributed by atoms with Crippen molar-refractivity contribution >= 4 is 39.8 Å². The zero-order valence-electron chi connectivity index (χ0n) is 8.73. The molecule has 0 unspecified atom stereocenters. The van der Waals surface area contributed by atoms with Gasteiger partial charge in [0, 0.05) is 5.57 Å². The molecule has 84 valence electrons. The average Bonchev–Trinajstić information content (AvgIpc) is 2.28. The maximum absolute atomic E-state index is 8.96. The van der Waals surface area contributed by atoms with Gasteiger partial charge in [0.25, 0.3) is 0 Å². The number of halogens is 3. The van der Waals surface area contributed by atoms with Crippen molar-refractivity contribution in [2.24, 2.45) is 0 Å². The summed E-state index contributed by atoms with van der Waals surface area (Å²) in [5.41, 5.74) is 1.30. The molecule has 0 aliphatic rings. The first-order valence-corrected chi connectivity index (χ1v) is 5.97. The molecule has 0 aliphatic heterocycles. The lowest BCUT2D eigenvalue weighted by Gasteiger charge is -2.04. The van der Waals surface area contributed by atoms with Crippen molar-refractivity contribution in [1.29, 1.82) is 5.26 Å².